The van der Waals surface area contributed by atoms with Crippen molar-refractivity contribution in [3.05, 3.63) is 23.2 Å². The van der Waals surface area contributed by atoms with Gasteiger partial charge in [-0.3, -0.25) is 9.59 Å². The second kappa shape index (κ2) is 7.68. The Kier molecular flexibility index (Phi) is 5.90. The van der Waals surface area contributed by atoms with Crippen molar-refractivity contribution in [2.24, 2.45) is 0 Å². The van der Waals surface area contributed by atoms with Crippen molar-refractivity contribution in [3.8, 4) is 0 Å². The number of nitrogens with one attached hydrogen (secondary N) is 3. The van der Waals surface area contributed by atoms with E-state index in [1.165, 1.54) is 11.8 Å². The topological polar surface area (TPSA) is 70.2 Å². The van der Waals surface area contributed by atoms with Crippen LogP contribution in [0, 0.1) is 0 Å². The summed E-state index contributed by atoms with van der Waals surface area (Å²) < 4.78 is 0. The predicted molar refractivity (Wildman–Crippen MR) is 85.9 cm³/mol. The molecule has 1 heterocycles. The highest BCUT2D eigenvalue weighted by molar-refractivity contribution is 8.01. The molecule has 0 saturated heterocycles. The van der Waals surface area contributed by atoms with Gasteiger partial charge in [0.05, 0.1) is 10.9 Å². The number of fused-ring (bicyclic) bond motifs is 1. The fraction of sp³-hybridized carbons (Fsp3) is 0.429. The minimum Gasteiger partial charge on any atom is -0.355 e. The number of hydrogen-bond acceptors (Lipinski definition) is 4. The van der Waals surface area contributed by atoms with Crippen molar-refractivity contribution in [1.29, 1.82) is 0 Å². The Morgan fingerprint density at radius 3 is 3.00 bits per heavy atom. The van der Waals surface area contributed by atoms with E-state index in [9.17, 15) is 9.59 Å². The number of anilines is 1. The highest BCUT2D eigenvalue weighted by Crippen LogP contribution is 2.38. The van der Waals surface area contributed by atoms with Crippen molar-refractivity contribution in [3.63, 3.8) is 0 Å². The average molecular weight is 328 g/mol. The Morgan fingerprint density at radius 1 is 1.43 bits per heavy atom. The third kappa shape index (κ3) is 4.62. The number of thioether (sulfide) groups is 1. The molecule has 5 nitrogen and oxygen atoms in total. The summed E-state index contributed by atoms with van der Waals surface area (Å²) >= 11 is 7.30. The molecule has 114 valence electrons. The van der Waals surface area contributed by atoms with Crippen molar-refractivity contribution in [2.75, 3.05) is 25.0 Å². The molecule has 0 aliphatic carbocycles. The maximum absolute atomic E-state index is 12.0. The second-order valence-electron chi connectivity index (χ2n) is 4.64. The molecular weight excluding hydrogens is 310 g/mol. The van der Waals surface area contributed by atoms with Gasteiger partial charge in [-0.1, -0.05) is 18.5 Å². The molecule has 0 radical (unpaired) electrons. The lowest BCUT2D eigenvalue weighted by molar-refractivity contribution is -0.124. The molecule has 0 aromatic heterocycles. The minimum atomic E-state index is -0.405. The fourth-order valence-electron chi connectivity index (χ4n) is 1.96. The molecule has 1 aliphatic rings. The van der Waals surface area contributed by atoms with Gasteiger partial charge in [0.25, 0.3) is 0 Å². The number of carbonyl (C=O) groups excluding carboxylic acids is 2. The molecule has 1 atom stereocenters. The van der Waals surface area contributed by atoms with E-state index in [2.05, 4.69) is 16.0 Å². The van der Waals surface area contributed by atoms with Crippen LogP contribution in [0.3, 0.4) is 0 Å². The molecular formula is C14H18ClN3O2S. The molecule has 0 saturated carbocycles. The van der Waals surface area contributed by atoms with Crippen LogP contribution in [0.2, 0.25) is 5.02 Å². The highest BCUT2D eigenvalue weighted by Gasteiger charge is 2.28. The Hall–Kier alpha value is -1.24. The molecule has 2 amide bonds. The molecule has 21 heavy (non-hydrogen) atoms. The number of carbonyl (C=O) groups is 2. The summed E-state index contributed by atoms with van der Waals surface area (Å²) in [5.41, 5.74) is 0.710. The van der Waals surface area contributed by atoms with E-state index in [1.54, 1.807) is 12.1 Å². The van der Waals surface area contributed by atoms with E-state index in [0.29, 0.717) is 17.3 Å². The summed E-state index contributed by atoms with van der Waals surface area (Å²) in [6.45, 7) is 4.18. The van der Waals surface area contributed by atoms with Crippen LogP contribution >= 0.6 is 23.4 Å². The van der Waals surface area contributed by atoms with Crippen LogP contribution in [0.5, 0.6) is 0 Å². The van der Waals surface area contributed by atoms with Crippen molar-refractivity contribution in [1.82, 2.24) is 10.6 Å². The SMILES string of the molecule is CCNCCNC(=O)CC1Sc2ccc(Cl)cc2NC1=O. The van der Waals surface area contributed by atoms with Crippen LogP contribution in [0.1, 0.15) is 13.3 Å². The van der Waals surface area contributed by atoms with Gasteiger partial charge in [0.1, 0.15) is 0 Å². The zero-order chi connectivity index (χ0) is 15.2. The molecule has 1 aliphatic heterocycles. The first kappa shape index (κ1) is 16.1. The molecule has 3 N–H and O–H groups in total. The average Bonchev–Trinajstić information content (AvgIpc) is 2.45. The number of likely N-dealkylation sites (N-methyl/N-ethyl adjacent to an activating group) is 1. The Labute approximate surface area is 133 Å². The lowest BCUT2D eigenvalue weighted by Gasteiger charge is -2.23. The van der Waals surface area contributed by atoms with E-state index in [4.69, 9.17) is 11.6 Å². The molecule has 7 heteroatoms. The Bertz CT molecular complexity index is 539. The Balaban J connectivity index is 1.88. The van der Waals surface area contributed by atoms with Crippen LogP contribution in [-0.2, 0) is 9.59 Å². The maximum Gasteiger partial charge on any atom is 0.238 e. The van der Waals surface area contributed by atoms with Crippen molar-refractivity contribution < 1.29 is 9.59 Å². The quantitative estimate of drug-likeness (QED) is 0.698. The number of hydrogen-bond donors (Lipinski definition) is 3. The lowest BCUT2D eigenvalue weighted by atomic mass is 10.2. The number of halogens is 1. The van der Waals surface area contributed by atoms with Crippen molar-refractivity contribution in [2.45, 2.75) is 23.5 Å². The van der Waals surface area contributed by atoms with Gasteiger partial charge in [-0.2, -0.15) is 0 Å². The van der Waals surface area contributed by atoms with Gasteiger partial charge in [0.15, 0.2) is 0 Å². The zero-order valence-corrected chi connectivity index (χ0v) is 13.3. The van der Waals surface area contributed by atoms with Crippen LogP contribution in [0.15, 0.2) is 23.1 Å². The van der Waals surface area contributed by atoms with Crippen LogP contribution in [0.4, 0.5) is 5.69 Å². The first-order valence-electron chi connectivity index (χ1n) is 6.84. The maximum atomic E-state index is 12.0. The van der Waals surface area contributed by atoms with Gasteiger partial charge in [-0.25, -0.2) is 0 Å². The molecule has 0 spiro atoms. The monoisotopic (exact) mass is 327 g/mol. The van der Waals surface area contributed by atoms with Gasteiger partial charge in [-0.15, -0.1) is 11.8 Å². The molecule has 0 fully saturated rings. The normalized spacial score (nSPS) is 17.0. The number of rotatable bonds is 6. The standard InChI is InChI=1S/C14H18ClN3O2S/c1-2-16-5-6-17-13(19)8-12-14(20)18-10-7-9(15)3-4-11(10)21-12/h3-4,7,12,16H,2,5-6,8H2,1H3,(H,17,19)(H,18,20). The fourth-order valence-corrected chi connectivity index (χ4v) is 3.23. The van der Waals surface area contributed by atoms with E-state index in [0.717, 1.165) is 18.0 Å². The third-order valence-electron chi connectivity index (χ3n) is 3.01. The molecule has 2 rings (SSSR count). The second-order valence-corrected chi connectivity index (χ2v) is 6.32. The van der Waals surface area contributed by atoms with Gasteiger partial charge >= 0.3 is 0 Å². The number of amides is 2. The zero-order valence-electron chi connectivity index (χ0n) is 11.7. The number of benzene rings is 1. The van der Waals surface area contributed by atoms with E-state index >= 15 is 0 Å². The van der Waals surface area contributed by atoms with E-state index in [1.807, 2.05) is 13.0 Å². The Morgan fingerprint density at radius 2 is 2.24 bits per heavy atom. The summed E-state index contributed by atoms with van der Waals surface area (Å²) in [7, 11) is 0. The largest absolute Gasteiger partial charge is 0.355 e. The third-order valence-corrected chi connectivity index (χ3v) is 4.52. The lowest BCUT2D eigenvalue weighted by Crippen LogP contribution is -2.37. The molecule has 1 unspecified atom stereocenters. The highest BCUT2D eigenvalue weighted by atomic mass is 35.5. The van der Waals surface area contributed by atoms with E-state index in [-0.39, 0.29) is 18.2 Å². The first-order chi connectivity index (χ1) is 10.1. The predicted octanol–water partition coefficient (Wildman–Crippen LogP) is 1.87. The van der Waals surface area contributed by atoms with Gasteiger partial charge in [-0.05, 0) is 24.7 Å². The summed E-state index contributed by atoms with van der Waals surface area (Å²) in [4.78, 5) is 24.8. The van der Waals surface area contributed by atoms with Gasteiger partial charge in [0.2, 0.25) is 11.8 Å². The minimum absolute atomic E-state index is 0.113. The van der Waals surface area contributed by atoms with Gasteiger partial charge < -0.3 is 16.0 Å². The molecule has 1 aromatic carbocycles. The summed E-state index contributed by atoms with van der Waals surface area (Å²) in [5, 5.41) is 8.89. The molecule has 1 aromatic rings. The van der Waals surface area contributed by atoms with Gasteiger partial charge in [0, 0.05) is 29.4 Å². The summed E-state index contributed by atoms with van der Waals surface area (Å²) in [6, 6.07) is 5.35. The summed E-state index contributed by atoms with van der Waals surface area (Å²) in [5.74, 6) is -0.269. The van der Waals surface area contributed by atoms with E-state index < -0.39 is 5.25 Å². The smallest absolute Gasteiger partial charge is 0.238 e. The van der Waals surface area contributed by atoms with Crippen LogP contribution < -0.4 is 16.0 Å². The van der Waals surface area contributed by atoms with Crippen LogP contribution in [-0.4, -0.2) is 36.7 Å². The van der Waals surface area contributed by atoms with Crippen molar-refractivity contribution >= 4 is 40.9 Å². The molecule has 0 bridgehead atoms. The van der Waals surface area contributed by atoms with Crippen LogP contribution in [0.25, 0.3) is 0 Å². The summed E-state index contributed by atoms with van der Waals surface area (Å²) in [6.07, 6.45) is 0.171. The first-order valence-corrected chi connectivity index (χ1v) is 8.10.